The molecule has 5 rings (SSSR count). The van der Waals surface area contributed by atoms with Crippen LogP contribution >= 0.6 is 23.2 Å². The SMILES string of the molecule is CCN1CCC2(CC1)Oc1ccccc1[C@H]1C=C(c3ccc(Cl)c(Cl)c3)NN12. The van der Waals surface area contributed by atoms with Crippen molar-refractivity contribution in [2.45, 2.75) is 31.5 Å². The second-order valence-electron chi connectivity index (χ2n) is 7.66. The van der Waals surface area contributed by atoms with Crippen LogP contribution in [-0.2, 0) is 0 Å². The Morgan fingerprint density at radius 3 is 2.64 bits per heavy atom. The molecule has 3 aliphatic rings. The predicted molar refractivity (Wildman–Crippen MR) is 113 cm³/mol. The minimum atomic E-state index is -0.348. The van der Waals surface area contributed by atoms with Crippen LogP contribution in [0.3, 0.4) is 0 Å². The molecule has 0 aromatic heterocycles. The second kappa shape index (κ2) is 6.96. The van der Waals surface area contributed by atoms with E-state index in [9.17, 15) is 0 Å². The third-order valence-corrected chi connectivity index (χ3v) is 6.87. The quantitative estimate of drug-likeness (QED) is 0.737. The number of ether oxygens (including phenoxy) is 1. The van der Waals surface area contributed by atoms with Crippen LogP contribution in [-0.4, -0.2) is 35.3 Å². The summed E-state index contributed by atoms with van der Waals surface area (Å²) < 4.78 is 6.65. The highest BCUT2D eigenvalue weighted by Crippen LogP contribution is 2.48. The molecule has 3 heterocycles. The fourth-order valence-electron chi connectivity index (χ4n) is 4.51. The lowest BCUT2D eigenvalue weighted by atomic mass is 9.93. The molecule has 1 N–H and O–H groups in total. The smallest absolute Gasteiger partial charge is 0.182 e. The summed E-state index contributed by atoms with van der Waals surface area (Å²) in [6.45, 7) is 5.36. The van der Waals surface area contributed by atoms with E-state index in [0.717, 1.165) is 49.5 Å². The number of nitrogens with zero attached hydrogens (tertiary/aromatic N) is 2. The molecular formula is C22H23Cl2N3O. The number of hydrogen-bond donors (Lipinski definition) is 1. The molecule has 28 heavy (non-hydrogen) atoms. The van der Waals surface area contributed by atoms with E-state index in [4.69, 9.17) is 27.9 Å². The number of hydrazine groups is 1. The van der Waals surface area contributed by atoms with Crippen LogP contribution in [0.15, 0.2) is 48.5 Å². The molecule has 2 aromatic carbocycles. The Labute approximate surface area is 175 Å². The number of halogens is 2. The van der Waals surface area contributed by atoms with E-state index in [1.54, 1.807) is 0 Å². The van der Waals surface area contributed by atoms with E-state index in [1.807, 2.05) is 18.2 Å². The van der Waals surface area contributed by atoms with Crippen molar-refractivity contribution < 1.29 is 4.74 Å². The maximum Gasteiger partial charge on any atom is 0.182 e. The Hall–Kier alpha value is -1.72. The molecule has 0 saturated carbocycles. The highest BCUT2D eigenvalue weighted by molar-refractivity contribution is 6.42. The van der Waals surface area contributed by atoms with Crippen LogP contribution in [0.1, 0.15) is 36.9 Å². The number of hydrogen-bond acceptors (Lipinski definition) is 4. The molecule has 1 fully saturated rings. The standard InChI is InChI=1S/C22H23Cl2N3O/c1-2-26-11-9-22(10-12-26)27-20(16-5-3-4-6-21(16)28-22)14-19(25-27)15-7-8-17(23)18(24)13-15/h3-8,13-14,20,25H,2,9-12H2,1H3/t20-/m1/s1. The zero-order chi connectivity index (χ0) is 19.3. The van der Waals surface area contributed by atoms with Gasteiger partial charge in [0.15, 0.2) is 5.72 Å². The molecule has 0 aliphatic carbocycles. The highest BCUT2D eigenvalue weighted by Gasteiger charge is 2.51. The van der Waals surface area contributed by atoms with Gasteiger partial charge in [-0.15, -0.1) is 0 Å². The fourth-order valence-corrected chi connectivity index (χ4v) is 4.81. The minimum absolute atomic E-state index is 0.127. The summed E-state index contributed by atoms with van der Waals surface area (Å²) in [7, 11) is 0. The lowest BCUT2D eigenvalue weighted by Gasteiger charge is -2.51. The fraction of sp³-hybridized carbons (Fsp3) is 0.364. The summed E-state index contributed by atoms with van der Waals surface area (Å²) in [5, 5.41) is 3.44. The molecule has 0 unspecified atom stereocenters. The molecule has 1 spiro atoms. The molecule has 6 heteroatoms. The number of benzene rings is 2. The third kappa shape index (κ3) is 2.91. The second-order valence-corrected chi connectivity index (χ2v) is 8.47. The van der Waals surface area contributed by atoms with E-state index >= 15 is 0 Å². The van der Waals surface area contributed by atoms with Gasteiger partial charge in [-0.05, 0) is 30.8 Å². The van der Waals surface area contributed by atoms with E-state index in [-0.39, 0.29) is 11.8 Å². The Morgan fingerprint density at radius 1 is 1.11 bits per heavy atom. The molecule has 146 valence electrons. The Kier molecular flexibility index (Phi) is 4.55. The van der Waals surface area contributed by atoms with Crippen LogP contribution in [0.25, 0.3) is 5.70 Å². The molecule has 1 atom stereocenters. The molecule has 3 aliphatic heterocycles. The number of rotatable bonds is 2. The lowest BCUT2D eigenvalue weighted by molar-refractivity contribution is -0.159. The van der Waals surface area contributed by atoms with Crippen molar-refractivity contribution in [1.29, 1.82) is 0 Å². The summed E-state index contributed by atoms with van der Waals surface area (Å²) in [6.07, 6.45) is 4.19. The van der Waals surface area contributed by atoms with Crippen LogP contribution < -0.4 is 10.2 Å². The van der Waals surface area contributed by atoms with Gasteiger partial charge in [-0.3, -0.25) is 0 Å². The molecule has 0 radical (unpaired) electrons. The first-order valence-electron chi connectivity index (χ1n) is 9.83. The van der Waals surface area contributed by atoms with Crippen molar-refractivity contribution in [2.24, 2.45) is 0 Å². The molecule has 2 aromatic rings. The van der Waals surface area contributed by atoms with Crippen LogP contribution in [0, 0.1) is 0 Å². The van der Waals surface area contributed by atoms with Crippen LogP contribution in [0.4, 0.5) is 0 Å². The van der Waals surface area contributed by atoms with Gasteiger partial charge in [0.25, 0.3) is 0 Å². The van der Waals surface area contributed by atoms with Crippen molar-refractivity contribution in [3.8, 4) is 5.75 Å². The molecule has 0 amide bonds. The van der Waals surface area contributed by atoms with E-state index in [2.05, 4.69) is 52.6 Å². The third-order valence-electron chi connectivity index (χ3n) is 6.14. The van der Waals surface area contributed by atoms with Gasteiger partial charge in [0.05, 0.1) is 21.8 Å². The summed E-state index contributed by atoms with van der Waals surface area (Å²) in [6, 6.07) is 14.3. The van der Waals surface area contributed by atoms with Crippen molar-refractivity contribution >= 4 is 28.9 Å². The largest absolute Gasteiger partial charge is 0.470 e. The van der Waals surface area contributed by atoms with Gasteiger partial charge < -0.3 is 15.1 Å². The van der Waals surface area contributed by atoms with Gasteiger partial charge in [0, 0.05) is 37.1 Å². The van der Waals surface area contributed by atoms with Crippen molar-refractivity contribution in [1.82, 2.24) is 15.3 Å². The molecule has 0 bridgehead atoms. The topological polar surface area (TPSA) is 27.7 Å². The zero-order valence-electron chi connectivity index (χ0n) is 15.8. The van der Waals surface area contributed by atoms with E-state index in [1.165, 1.54) is 5.56 Å². The normalized spacial score (nSPS) is 23.5. The summed E-state index contributed by atoms with van der Waals surface area (Å²) in [5.74, 6) is 0.988. The van der Waals surface area contributed by atoms with Gasteiger partial charge in [0.1, 0.15) is 5.75 Å². The van der Waals surface area contributed by atoms with Gasteiger partial charge in [0.2, 0.25) is 0 Å². The van der Waals surface area contributed by atoms with E-state index < -0.39 is 0 Å². The first-order chi connectivity index (χ1) is 13.6. The monoisotopic (exact) mass is 415 g/mol. The molecular weight excluding hydrogens is 393 g/mol. The van der Waals surface area contributed by atoms with Crippen molar-refractivity contribution in [2.75, 3.05) is 19.6 Å². The van der Waals surface area contributed by atoms with Crippen molar-refractivity contribution in [3.05, 3.63) is 69.7 Å². The van der Waals surface area contributed by atoms with Crippen LogP contribution in [0.5, 0.6) is 5.75 Å². The Bertz CT molecular complexity index is 937. The molecule has 4 nitrogen and oxygen atoms in total. The average Bonchev–Trinajstić information content (AvgIpc) is 3.18. The minimum Gasteiger partial charge on any atom is -0.470 e. The number of nitrogens with one attached hydrogen (secondary N) is 1. The number of likely N-dealkylation sites (tertiary alicyclic amines) is 1. The number of para-hydroxylation sites is 1. The Balaban J connectivity index is 1.54. The van der Waals surface area contributed by atoms with Gasteiger partial charge in [-0.2, -0.15) is 5.01 Å². The summed E-state index contributed by atoms with van der Waals surface area (Å²) in [5.41, 5.74) is 6.55. The van der Waals surface area contributed by atoms with Crippen LogP contribution in [0.2, 0.25) is 10.0 Å². The number of fused-ring (bicyclic) bond motifs is 4. The molecule has 1 saturated heterocycles. The average molecular weight is 416 g/mol. The van der Waals surface area contributed by atoms with E-state index in [0.29, 0.717) is 10.0 Å². The van der Waals surface area contributed by atoms with Gasteiger partial charge in [-0.25, -0.2) is 0 Å². The highest BCUT2D eigenvalue weighted by atomic mass is 35.5. The lowest BCUT2D eigenvalue weighted by Crippen LogP contribution is -2.63. The van der Waals surface area contributed by atoms with Gasteiger partial charge >= 0.3 is 0 Å². The first kappa shape index (κ1) is 18.3. The predicted octanol–water partition coefficient (Wildman–Crippen LogP) is 5.10. The first-order valence-corrected chi connectivity index (χ1v) is 10.6. The summed E-state index contributed by atoms with van der Waals surface area (Å²) in [4.78, 5) is 2.48. The Morgan fingerprint density at radius 2 is 1.89 bits per heavy atom. The summed E-state index contributed by atoms with van der Waals surface area (Å²) >= 11 is 12.4. The zero-order valence-corrected chi connectivity index (χ0v) is 17.3. The van der Waals surface area contributed by atoms with Gasteiger partial charge in [-0.1, -0.05) is 54.4 Å². The maximum absolute atomic E-state index is 6.65. The van der Waals surface area contributed by atoms with Crippen molar-refractivity contribution in [3.63, 3.8) is 0 Å². The maximum atomic E-state index is 6.65. The number of piperidine rings is 1.